The molecule has 0 fully saturated rings. The number of allylic oxidation sites excluding steroid dienone is 1. The van der Waals surface area contributed by atoms with Crippen LogP contribution in [0.1, 0.15) is 45.4 Å². The Morgan fingerprint density at radius 1 is 1.50 bits per heavy atom. The van der Waals surface area contributed by atoms with E-state index in [1.54, 1.807) is 0 Å². The van der Waals surface area contributed by atoms with Gasteiger partial charge in [-0.1, -0.05) is 18.6 Å². The Morgan fingerprint density at radius 2 is 2.28 bits per heavy atom. The number of nitrogens with one attached hydrogen (secondary N) is 2. The van der Waals surface area contributed by atoms with E-state index in [9.17, 15) is 9.59 Å². The smallest absolute Gasteiger partial charge is 0.315 e. The van der Waals surface area contributed by atoms with Gasteiger partial charge in [-0.15, -0.1) is 0 Å². The quantitative estimate of drug-likeness (QED) is 0.608. The van der Waals surface area contributed by atoms with Crippen LogP contribution < -0.4 is 10.6 Å². The molecule has 0 saturated carbocycles. The second-order valence-corrected chi connectivity index (χ2v) is 4.61. The minimum atomic E-state index is -0.890. The van der Waals surface area contributed by atoms with Gasteiger partial charge in [0.05, 0.1) is 6.42 Å². The summed E-state index contributed by atoms with van der Waals surface area (Å²) in [5, 5.41) is 14.1. The predicted molar refractivity (Wildman–Crippen MR) is 69.4 cm³/mol. The van der Waals surface area contributed by atoms with Gasteiger partial charge in [-0.2, -0.15) is 0 Å². The number of carbonyl (C=O) groups is 2. The van der Waals surface area contributed by atoms with Crippen LogP contribution in [0.3, 0.4) is 0 Å². The van der Waals surface area contributed by atoms with Crippen LogP contribution in [0.15, 0.2) is 11.6 Å². The van der Waals surface area contributed by atoms with Gasteiger partial charge in [0.25, 0.3) is 0 Å². The van der Waals surface area contributed by atoms with E-state index < -0.39 is 5.97 Å². The summed E-state index contributed by atoms with van der Waals surface area (Å²) in [6.45, 7) is 2.47. The SMILES string of the molecule is CCC(CC(=O)O)NC(=O)NCCC1=CCCC1. The molecule has 0 aliphatic heterocycles. The number of carboxylic acid groups (broad SMARTS) is 1. The summed E-state index contributed by atoms with van der Waals surface area (Å²) in [6.07, 6.45) is 7.22. The van der Waals surface area contributed by atoms with Crippen molar-refractivity contribution in [3.05, 3.63) is 11.6 Å². The van der Waals surface area contributed by atoms with Crippen molar-refractivity contribution in [2.24, 2.45) is 0 Å². The number of hydrogen-bond donors (Lipinski definition) is 3. The second-order valence-electron chi connectivity index (χ2n) is 4.61. The molecular weight excluding hydrogens is 232 g/mol. The van der Waals surface area contributed by atoms with E-state index in [0.717, 1.165) is 19.3 Å². The molecule has 1 aliphatic rings. The summed E-state index contributed by atoms with van der Waals surface area (Å²) >= 11 is 0. The highest BCUT2D eigenvalue weighted by molar-refractivity contribution is 5.75. The standard InChI is InChI=1S/C13H22N2O3/c1-2-11(9-12(16)17)15-13(18)14-8-7-10-5-3-4-6-10/h5,11H,2-4,6-9H2,1H3,(H,16,17)(H2,14,15,18). The van der Waals surface area contributed by atoms with Gasteiger partial charge in [0.15, 0.2) is 0 Å². The number of carbonyl (C=O) groups excluding carboxylic acids is 1. The van der Waals surface area contributed by atoms with Crippen LogP contribution in [0.2, 0.25) is 0 Å². The molecular formula is C13H22N2O3. The minimum absolute atomic E-state index is 0.0327. The molecule has 0 radical (unpaired) electrons. The second kappa shape index (κ2) is 7.74. The lowest BCUT2D eigenvalue weighted by molar-refractivity contribution is -0.137. The van der Waals surface area contributed by atoms with Gasteiger partial charge in [-0.05, 0) is 32.1 Å². The third kappa shape index (κ3) is 5.70. The lowest BCUT2D eigenvalue weighted by Crippen LogP contribution is -2.43. The third-order valence-electron chi connectivity index (χ3n) is 3.12. The Hall–Kier alpha value is -1.52. The van der Waals surface area contributed by atoms with Crippen LogP contribution in [0.25, 0.3) is 0 Å². The molecule has 1 atom stereocenters. The van der Waals surface area contributed by atoms with Crippen LogP contribution in [-0.2, 0) is 4.79 Å². The molecule has 0 heterocycles. The number of rotatable bonds is 7. The highest BCUT2D eigenvalue weighted by Gasteiger charge is 2.13. The molecule has 0 saturated heterocycles. The molecule has 0 aromatic carbocycles. The van der Waals surface area contributed by atoms with Gasteiger partial charge in [0.2, 0.25) is 0 Å². The Bertz CT molecular complexity index is 326. The fourth-order valence-electron chi connectivity index (χ4n) is 2.05. The average Bonchev–Trinajstić information content (AvgIpc) is 2.80. The van der Waals surface area contributed by atoms with Crippen molar-refractivity contribution < 1.29 is 14.7 Å². The van der Waals surface area contributed by atoms with Crippen LogP contribution in [0.4, 0.5) is 4.79 Å². The number of hydrogen-bond acceptors (Lipinski definition) is 2. The van der Waals surface area contributed by atoms with Crippen molar-refractivity contribution in [3.8, 4) is 0 Å². The van der Waals surface area contributed by atoms with Crippen LogP contribution in [0, 0.1) is 0 Å². The maximum absolute atomic E-state index is 11.5. The number of aliphatic carboxylic acids is 1. The third-order valence-corrected chi connectivity index (χ3v) is 3.12. The van der Waals surface area contributed by atoms with Crippen molar-refractivity contribution in [2.45, 2.75) is 51.5 Å². The Balaban J connectivity index is 2.17. The Kier molecular flexibility index (Phi) is 6.25. The highest BCUT2D eigenvalue weighted by Crippen LogP contribution is 2.19. The maximum atomic E-state index is 11.5. The van der Waals surface area contributed by atoms with Crippen molar-refractivity contribution >= 4 is 12.0 Å². The summed E-state index contributed by atoms with van der Waals surface area (Å²) in [5.41, 5.74) is 1.41. The molecule has 5 nitrogen and oxygen atoms in total. The van der Waals surface area contributed by atoms with E-state index in [1.165, 1.54) is 12.0 Å². The molecule has 18 heavy (non-hydrogen) atoms. The summed E-state index contributed by atoms with van der Waals surface area (Å²) in [6, 6.07) is -0.574. The summed E-state index contributed by atoms with van der Waals surface area (Å²) in [4.78, 5) is 22.1. The lowest BCUT2D eigenvalue weighted by atomic mass is 10.1. The van der Waals surface area contributed by atoms with Gasteiger partial charge in [-0.25, -0.2) is 4.79 Å². The molecule has 102 valence electrons. The molecule has 1 rings (SSSR count). The topological polar surface area (TPSA) is 78.4 Å². The number of carboxylic acids is 1. The largest absolute Gasteiger partial charge is 0.481 e. The van der Waals surface area contributed by atoms with E-state index in [0.29, 0.717) is 13.0 Å². The van der Waals surface area contributed by atoms with E-state index in [2.05, 4.69) is 16.7 Å². The van der Waals surface area contributed by atoms with E-state index in [1.807, 2.05) is 6.92 Å². The van der Waals surface area contributed by atoms with Gasteiger partial charge in [-0.3, -0.25) is 4.79 Å². The fourth-order valence-corrected chi connectivity index (χ4v) is 2.05. The Morgan fingerprint density at radius 3 is 2.83 bits per heavy atom. The summed E-state index contributed by atoms with van der Waals surface area (Å²) < 4.78 is 0. The normalized spacial score (nSPS) is 15.9. The molecule has 0 bridgehead atoms. The molecule has 2 amide bonds. The fraction of sp³-hybridized carbons (Fsp3) is 0.692. The lowest BCUT2D eigenvalue weighted by Gasteiger charge is -2.15. The first-order valence-electron chi connectivity index (χ1n) is 6.56. The van der Waals surface area contributed by atoms with Crippen LogP contribution in [0.5, 0.6) is 0 Å². The molecule has 0 aromatic heterocycles. The van der Waals surface area contributed by atoms with Crippen molar-refractivity contribution in [1.29, 1.82) is 0 Å². The van der Waals surface area contributed by atoms with Crippen molar-refractivity contribution in [2.75, 3.05) is 6.54 Å². The summed E-state index contributed by atoms with van der Waals surface area (Å²) in [5.74, 6) is -0.890. The molecule has 0 aromatic rings. The average molecular weight is 254 g/mol. The zero-order valence-corrected chi connectivity index (χ0v) is 10.9. The molecule has 1 unspecified atom stereocenters. The first kappa shape index (κ1) is 14.5. The Labute approximate surface area is 108 Å². The van der Waals surface area contributed by atoms with Gasteiger partial charge in [0, 0.05) is 12.6 Å². The minimum Gasteiger partial charge on any atom is -0.481 e. The first-order valence-corrected chi connectivity index (χ1v) is 6.56. The predicted octanol–water partition coefficient (Wildman–Crippen LogP) is 2.04. The molecule has 0 spiro atoms. The zero-order valence-electron chi connectivity index (χ0n) is 10.9. The van der Waals surface area contributed by atoms with E-state index in [-0.39, 0.29) is 18.5 Å². The van der Waals surface area contributed by atoms with Gasteiger partial charge < -0.3 is 15.7 Å². The zero-order chi connectivity index (χ0) is 13.4. The van der Waals surface area contributed by atoms with Crippen molar-refractivity contribution in [1.82, 2.24) is 10.6 Å². The van der Waals surface area contributed by atoms with Crippen molar-refractivity contribution in [3.63, 3.8) is 0 Å². The summed E-state index contributed by atoms with van der Waals surface area (Å²) in [7, 11) is 0. The first-order chi connectivity index (χ1) is 8.61. The van der Waals surface area contributed by atoms with Crippen LogP contribution >= 0.6 is 0 Å². The molecule has 3 N–H and O–H groups in total. The van der Waals surface area contributed by atoms with E-state index in [4.69, 9.17) is 5.11 Å². The van der Waals surface area contributed by atoms with Gasteiger partial charge in [0.1, 0.15) is 0 Å². The van der Waals surface area contributed by atoms with E-state index >= 15 is 0 Å². The highest BCUT2D eigenvalue weighted by atomic mass is 16.4. The molecule has 1 aliphatic carbocycles. The van der Waals surface area contributed by atoms with Crippen LogP contribution in [-0.4, -0.2) is 29.7 Å². The van der Waals surface area contributed by atoms with Gasteiger partial charge >= 0.3 is 12.0 Å². The molecule has 5 heteroatoms. The maximum Gasteiger partial charge on any atom is 0.315 e. The number of urea groups is 1. The monoisotopic (exact) mass is 254 g/mol. The number of amides is 2.